The molecule has 0 aliphatic heterocycles. The van der Waals surface area contributed by atoms with E-state index < -0.39 is 0 Å². The molecule has 0 amide bonds. The van der Waals surface area contributed by atoms with Crippen LogP contribution >= 0.6 is 0 Å². The molecular formula is C21H22FN3O. The molecule has 4 nitrogen and oxygen atoms in total. The van der Waals surface area contributed by atoms with Crippen molar-refractivity contribution in [3.05, 3.63) is 89.8 Å². The molecule has 26 heavy (non-hydrogen) atoms. The first kappa shape index (κ1) is 17.7. The Kier molecular flexibility index (Phi) is 5.37. The molecule has 2 aromatic carbocycles. The molecule has 0 aliphatic rings. The van der Waals surface area contributed by atoms with Gasteiger partial charge in [-0.2, -0.15) is 0 Å². The molecule has 0 fully saturated rings. The van der Waals surface area contributed by atoms with Crippen molar-refractivity contribution in [3.63, 3.8) is 0 Å². The van der Waals surface area contributed by atoms with E-state index in [4.69, 9.17) is 4.74 Å². The summed E-state index contributed by atoms with van der Waals surface area (Å²) in [5, 5.41) is 3.28. The molecule has 1 N–H and O–H groups in total. The second-order valence-electron chi connectivity index (χ2n) is 6.14. The Hall–Kier alpha value is -3.08. The van der Waals surface area contributed by atoms with E-state index in [1.54, 1.807) is 18.2 Å². The van der Waals surface area contributed by atoms with Gasteiger partial charge in [0.1, 0.15) is 29.7 Å². The van der Waals surface area contributed by atoms with Crippen molar-refractivity contribution in [1.82, 2.24) is 14.9 Å². The summed E-state index contributed by atoms with van der Waals surface area (Å²) in [6.45, 7) is 6.84. The average Bonchev–Trinajstić information content (AvgIpc) is 2.99. The first-order chi connectivity index (χ1) is 12.5. The Labute approximate surface area is 153 Å². The number of nitrogens with one attached hydrogen (secondary N) is 1. The Morgan fingerprint density at radius 3 is 2.58 bits per heavy atom. The summed E-state index contributed by atoms with van der Waals surface area (Å²) in [5.41, 5.74) is 3.26. The average molecular weight is 351 g/mol. The highest BCUT2D eigenvalue weighted by molar-refractivity contribution is 5.57. The maximum absolute atomic E-state index is 13.6. The van der Waals surface area contributed by atoms with Crippen molar-refractivity contribution < 1.29 is 9.13 Å². The van der Waals surface area contributed by atoms with Crippen molar-refractivity contribution in [1.29, 1.82) is 0 Å². The van der Waals surface area contributed by atoms with Crippen LogP contribution in [0.3, 0.4) is 0 Å². The molecule has 3 aromatic rings. The van der Waals surface area contributed by atoms with Crippen LogP contribution in [0.2, 0.25) is 0 Å². The summed E-state index contributed by atoms with van der Waals surface area (Å²) in [7, 11) is 1.96. The minimum atomic E-state index is -0.253. The molecule has 0 saturated heterocycles. The SMILES string of the molecule is C=C(NCc1ccc(OCc2ccccc2F)cc1)c1cn(C)c(C)n1. The third kappa shape index (κ3) is 4.30. The summed E-state index contributed by atoms with van der Waals surface area (Å²) < 4.78 is 21.2. The molecule has 0 unspecified atom stereocenters. The fourth-order valence-electron chi connectivity index (χ4n) is 2.48. The van der Waals surface area contributed by atoms with Gasteiger partial charge in [-0.1, -0.05) is 36.9 Å². The number of aromatic nitrogens is 2. The molecule has 1 aromatic heterocycles. The first-order valence-corrected chi connectivity index (χ1v) is 8.41. The minimum Gasteiger partial charge on any atom is -0.489 e. The second-order valence-corrected chi connectivity index (χ2v) is 6.14. The second kappa shape index (κ2) is 7.87. The van der Waals surface area contributed by atoms with E-state index in [0.717, 1.165) is 22.8 Å². The topological polar surface area (TPSA) is 39.1 Å². The molecule has 0 radical (unpaired) electrons. The zero-order valence-corrected chi connectivity index (χ0v) is 15.0. The van der Waals surface area contributed by atoms with Crippen molar-refractivity contribution in [2.24, 2.45) is 7.05 Å². The van der Waals surface area contributed by atoms with Crippen LogP contribution in [0.15, 0.2) is 61.3 Å². The minimum absolute atomic E-state index is 0.208. The lowest BCUT2D eigenvalue weighted by molar-refractivity contribution is 0.300. The Morgan fingerprint density at radius 1 is 1.19 bits per heavy atom. The monoisotopic (exact) mass is 351 g/mol. The molecule has 0 atom stereocenters. The number of rotatable bonds is 7. The Balaban J connectivity index is 1.53. The third-order valence-corrected chi connectivity index (χ3v) is 4.20. The highest BCUT2D eigenvalue weighted by Crippen LogP contribution is 2.16. The number of ether oxygens (including phenoxy) is 1. The van der Waals surface area contributed by atoms with Crippen LogP contribution in [0, 0.1) is 12.7 Å². The van der Waals surface area contributed by atoms with Gasteiger partial charge in [0.25, 0.3) is 0 Å². The quantitative estimate of drug-likeness (QED) is 0.693. The van der Waals surface area contributed by atoms with Gasteiger partial charge in [-0.25, -0.2) is 9.37 Å². The molecule has 3 rings (SSSR count). The number of imidazole rings is 1. The Morgan fingerprint density at radius 2 is 1.92 bits per heavy atom. The van der Waals surface area contributed by atoms with E-state index in [2.05, 4.69) is 16.9 Å². The smallest absolute Gasteiger partial charge is 0.129 e. The molecule has 0 bridgehead atoms. The summed E-state index contributed by atoms with van der Waals surface area (Å²) in [6, 6.07) is 14.3. The van der Waals surface area contributed by atoms with Gasteiger partial charge in [0.05, 0.1) is 5.70 Å². The summed E-state index contributed by atoms with van der Waals surface area (Å²) in [6.07, 6.45) is 1.95. The number of hydrogen-bond donors (Lipinski definition) is 1. The number of halogens is 1. The van der Waals surface area contributed by atoms with E-state index in [0.29, 0.717) is 17.9 Å². The van der Waals surface area contributed by atoms with Crippen molar-refractivity contribution in [3.8, 4) is 5.75 Å². The fraction of sp³-hybridized carbons (Fsp3) is 0.190. The fourth-order valence-corrected chi connectivity index (χ4v) is 2.48. The maximum atomic E-state index is 13.6. The zero-order chi connectivity index (χ0) is 18.5. The highest BCUT2D eigenvalue weighted by atomic mass is 19.1. The lowest BCUT2D eigenvalue weighted by Crippen LogP contribution is -2.11. The normalized spacial score (nSPS) is 10.6. The number of hydrogen-bond acceptors (Lipinski definition) is 3. The summed E-state index contributed by atoms with van der Waals surface area (Å²) >= 11 is 0. The standard InChI is InChI=1S/C21H22FN3O/c1-15(21-13-25(3)16(2)24-21)23-12-17-8-10-19(11-9-17)26-14-18-6-4-5-7-20(18)22/h4-11,13,23H,1,12,14H2,2-3H3. The predicted octanol–water partition coefficient (Wildman–Crippen LogP) is 4.21. The van der Waals surface area contributed by atoms with Crippen LogP contribution in [0.5, 0.6) is 5.75 Å². The third-order valence-electron chi connectivity index (χ3n) is 4.20. The van der Waals surface area contributed by atoms with Crippen LogP contribution in [0.25, 0.3) is 5.70 Å². The molecule has 0 saturated carbocycles. The lowest BCUT2D eigenvalue weighted by atomic mass is 10.2. The van der Waals surface area contributed by atoms with Gasteiger partial charge in [0.15, 0.2) is 0 Å². The van der Waals surface area contributed by atoms with Crippen molar-refractivity contribution in [2.45, 2.75) is 20.1 Å². The van der Waals surface area contributed by atoms with Gasteiger partial charge in [0, 0.05) is 25.4 Å². The number of aryl methyl sites for hydroxylation is 2. The molecule has 1 heterocycles. The van der Waals surface area contributed by atoms with Gasteiger partial charge in [-0.3, -0.25) is 0 Å². The largest absolute Gasteiger partial charge is 0.489 e. The van der Waals surface area contributed by atoms with Gasteiger partial charge < -0.3 is 14.6 Å². The van der Waals surface area contributed by atoms with Crippen molar-refractivity contribution >= 4 is 5.70 Å². The molecule has 134 valence electrons. The van der Waals surface area contributed by atoms with Gasteiger partial charge in [-0.15, -0.1) is 0 Å². The van der Waals surface area contributed by atoms with E-state index in [-0.39, 0.29) is 12.4 Å². The van der Waals surface area contributed by atoms with Gasteiger partial charge in [-0.05, 0) is 30.7 Å². The van der Waals surface area contributed by atoms with Crippen LogP contribution in [0.1, 0.15) is 22.6 Å². The van der Waals surface area contributed by atoms with E-state index in [1.165, 1.54) is 6.07 Å². The van der Waals surface area contributed by atoms with Crippen LogP contribution < -0.4 is 10.1 Å². The van der Waals surface area contributed by atoms with Crippen LogP contribution in [-0.2, 0) is 20.2 Å². The lowest BCUT2D eigenvalue weighted by Gasteiger charge is -2.10. The number of benzene rings is 2. The van der Waals surface area contributed by atoms with Gasteiger partial charge in [0.2, 0.25) is 0 Å². The summed E-state index contributed by atoms with van der Waals surface area (Å²) in [4.78, 5) is 4.45. The predicted molar refractivity (Wildman–Crippen MR) is 101 cm³/mol. The maximum Gasteiger partial charge on any atom is 0.129 e. The molecule has 5 heteroatoms. The zero-order valence-electron chi connectivity index (χ0n) is 15.0. The van der Waals surface area contributed by atoms with Gasteiger partial charge >= 0.3 is 0 Å². The number of nitrogens with zero attached hydrogens (tertiary/aromatic N) is 2. The summed E-state index contributed by atoms with van der Waals surface area (Å²) in [5.74, 6) is 1.40. The molecule has 0 spiro atoms. The van der Waals surface area contributed by atoms with E-state index in [9.17, 15) is 4.39 Å². The van der Waals surface area contributed by atoms with Crippen molar-refractivity contribution in [2.75, 3.05) is 0 Å². The molecule has 0 aliphatic carbocycles. The Bertz CT molecular complexity index is 880. The molecular weight excluding hydrogens is 329 g/mol. The van der Waals surface area contributed by atoms with Crippen LogP contribution in [-0.4, -0.2) is 9.55 Å². The highest BCUT2D eigenvalue weighted by Gasteiger charge is 2.05. The van der Waals surface area contributed by atoms with Crippen LogP contribution in [0.4, 0.5) is 4.39 Å². The first-order valence-electron chi connectivity index (χ1n) is 8.41. The van der Waals surface area contributed by atoms with E-state index in [1.807, 2.05) is 49.0 Å². The van der Waals surface area contributed by atoms with E-state index >= 15 is 0 Å².